The van der Waals surface area contributed by atoms with Gasteiger partial charge in [-0.25, -0.2) is 9.97 Å². The van der Waals surface area contributed by atoms with Crippen LogP contribution in [0.3, 0.4) is 0 Å². The van der Waals surface area contributed by atoms with Crippen molar-refractivity contribution in [2.75, 3.05) is 30.3 Å². The Morgan fingerprint density at radius 2 is 1.50 bits per heavy atom. The number of nitrogens with one attached hydrogen (secondary N) is 3. The lowest BCUT2D eigenvalue weighted by atomic mass is 9.81. The van der Waals surface area contributed by atoms with Crippen LogP contribution in [0.15, 0.2) is 36.4 Å². The predicted octanol–water partition coefficient (Wildman–Crippen LogP) is 5.18. The summed E-state index contributed by atoms with van der Waals surface area (Å²) in [5.41, 5.74) is 7.44. The average molecular weight is 699 g/mol. The Morgan fingerprint density at radius 3 is 2.18 bits per heavy atom. The third-order valence-electron chi connectivity index (χ3n) is 10.7. The molecule has 4 heterocycles. The minimum Gasteiger partial charge on any atom is -0.481 e. The fourth-order valence-corrected chi connectivity index (χ4v) is 8.09. The molecule has 4 N–H and O–H groups in total. The van der Waals surface area contributed by atoms with Gasteiger partial charge in [0.05, 0.1) is 28.0 Å². The van der Waals surface area contributed by atoms with E-state index in [0.717, 1.165) is 97.6 Å². The number of carbonyl (C=O) groups excluding carboxylic acids is 2. The number of carboxylic acid groups (broad SMARTS) is 1. The minimum absolute atomic E-state index is 0.212. The van der Waals surface area contributed by atoms with Crippen molar-refractivity contribution in [3.05, 3.63) is 81.4 Å². The van der Waals surface area contributed by atoms with Gasteiger partial charge in [-0.05, 0) is 61.8 Å². The molecule has 262 valence electrons. The van der Waals surface area contributed by atoms with Crippen LogP contribution in [0.4, 0.5) is 11.4 Å². The van der Waals surface area contributed by atoms with Crippen LogP contribution in [-0.4, -0.2) is 66.5 Å². The second-order valence-corrected chi connectivity index (χ2v) is 14.2. The number of hydrogen-bond donors (Lipinski definition) is 4. The van der Waals surface area contributed by atoms with E-state index in [2.05, 4.69) is 25.8 Å². The lowest BCUT2D eigenvalue weighted by molar-refractivity contribution is -0.143. The summed E-state index contributed by atoms with van der Waals surface area (Å²) < 4.78 is 3.75. The van der Waals surface area contributed by atoms with Gasteiger partial charge in [0.1, 0.15) is 0 Å². The fraction of sp³-hybridized carbons (Fsp3) is 0.432. The van der Waals surface area contributed by atoms with Gasteiger partial charge in [0, 0.05) is 82.3 Å². The zero-order chi connectivity index (χ0) is 35.1. The Kier molecular flexibility index (Phi) is 9.51. The number of nitrogens with zero attached hydrogens (tertiary/aromatic N) is 5. The molecule has 13 heteroatoms. The molecule has 7 rings (SSSR count). The van der Waals surface area contributed by atoms with Crippen LogP contribution in [0.25, 0.3) is 11.1 Å². The van der Waals surface area contributed by atoms with Crippen molar-refractivity contribution < 1.29 is 19.5 Å². The molecule has 1 saturated carbocycles. The number of hydrogen-bond acceptors (Lipinski definition) is 7. The number of imidazole rings is 2. The van der Waals surface area contributed by atoms with Crippen LogP contribution in [-0.2, 0) is 44.8 Å². The van der Waals surface area contributed by atoms with Crippen molar-refractivity contribution in [2.45, 2.75) is 58.5 Å². The average Bonchev–Trinajstić information content (AvgIpc) is 3.63. The van der Waals surface area contributed by atoms with E-state index in [1.165, 1.54) is 0 Å². The van der Waals surface area contributed by atoms with Gasteiger partial charge in [0.25, 0.3) is 11.8 Å². The number of carbonyl (C=O) groups is 3. The van der Waals surface area contributed by atoms with E-state index in [1.54, 1.807) is 6.07 Å². The van der Waals surface area contributed by atoms with Gasteiger partial charge in [-0.3, -0.25) is 19.3 Å². The van der Waals surface area contributed by atoms with E-state index in [-0.39, 0.29) is 17.7 Å². The zero-order valence-electron chi connectivity index (χ0n) is 28.7. The lowest BCUT2D eigenvalue weighted by Crippen LogP contribution is -2.36. The second kappa shape index (κ2) is 14.0. The molecule has 2 aromatic heterocycles. The Balaban J connectivity index is 1.04. The topological polar surface area (TPSA) is 146 Å². The van der Waals surface area contributed by atoms with Crippen LogP contribution < -0.4 is 16.0 Å². The number of fused-ring (bicyclic) bond motifs is 2. The molecular formula is C37H43ClN8O4. The molecule has 0 spiro atoms. The summed E-state index contributed by atoms with van der Waals surface area (Å²) in [6.07, 6.45) is 4.97. The third-order valence-corrected chi connectivity index (χ3v) is 11.1. The number of rotatable bonds is 8. The standard InChI is InChI=1S/C37H43ClN8O4/c1-21-24(25-7-5-9-27(32(25)38)43-36(48)33-40-28-18-39-16-14-30(28)44(33)2)6-4-8-26(21)42-35(47)34-41-29-20-46(17-15-31(29)45(34)3)19-22-10-12-23(13-11-22)37(49)50/h4-9,22-23,39H,10-20H2,1-3H3,(H,42,47)(H,43,48)(H,49,50)/t22-,23-. The minimum atomic E-state index is -0.677. The summed E-state index contributed by atoms with van der Waals surface area (Å²) in [6, 6.07) is 11.2. The van der Waals surface area contributed by atoms with Gasteiger partial charge in [0.15, 0.2) is 11.6 Å². The number of carboxylic acids is 1. The highest BCUT2D eigenvalue weighted by molar-refractivity contribution is 6.36. The first-order chi connectivity index (χ1) is 24.1. The molecule has 2 amide bonds. The molecule has 4 aromatic rings. The van der Waals surface area contributed by atoms with E-state index in [4.69, 9.17) is 16.6 Å². The Labute approximate surface area is 296 Å². The number of aromatic nitrogens is 4. The highest BCUT2D eigenvalue weighted by Gasteiger charge is 2.30. The van der Waals surface area contributed by atoms with Crippen molar-refractivity contribution >= 4 is 40.8 Å². The second-order valence-electron chi connectivity index (χ2n) is 13.8. The summed E-state index contributed by atoms with van der Waals surface area (Å²) in [5, 5.41) is 19.1. The van der Waals surface area contributed by atoms with Crippen molar-refractivity contribution in [3.63, 3.8) is 0 Å². The van der Waals surface area contributed by atoms with Gasteiger partial charge < -0.3 is 30.2 Å². The van der Waals surface area contributed by atoms with E-state index < -0.39 is 5.97 Å². The van der Waals surface area contributed by atoms with Crippen LogP contribution in [0.2, 0.25) is 5.02 Å². The fourth-order valence-electron chi connectivity index (χ4n) is 7.81. The van der Waals surface area contributed by atoms with Crippen LogP contribution in [0, 0.1) is 18.8 Å². The quantitative estimate of drug-likeness (QED) is 0.197. The maximum Gasteiger partial charge on any atom is 0.306 e. The molecule has 0 radical (unpaired) electrons. The number of anilines is 2. The third kappa shape index (κ3) is 6.55. The first kappa shape index (κ1) is 34.0. The van der Waals surface area contributed by atoms with Crippen molar-refractivity contribution in [2.24, 2.45) is 25.9 Å². The monoisotopic (exact) mass is 698 g/mol. The molecule has 2 aliphatic heterocycles. The number of benzene rings is 2. The van der Waals surface area contributed by atoms with E-state index in [1.807, 2.05) is 60.5 Å². The Bertz CT molecular complexity index is 1980. The van der Waals surface area contributed by atoms with Crippen LogP contribution >= 0.6 is 11.6 Å². The highest BCUT2D eigenvalue weighted by atomic mass is 35.5. The van der Waals surface area contributed by atoms with Gasteiger partial charge in [-0.2, -0.15) is 0 Å². The molecule has 1 aliphatic carbocycles. The highest BCUT2D eigenvalue weighted by Crippen LogP contribution is 2.38. The molecule has 0 bridgehead atoms. The smallest absolute Gasteiger partial charge is 0.306 e. The lowest BCUT2D eigenvalue weighted by Gasteiger charge is -2.33. The van der Waals surface area contributed by atoms with E-state index in [0.29, 0.717) is 47.1 Å². The molecule has 0 atom stereocenters. The van der Waals surface area contributed by atoms with E-state index >= 15 is 0 Å². The molecule has 50 heavy (non-hydrogen) atoms. The molecule has 0 saturated heterocycles. The molecule has 0 unspecified atom stereocenters. The van der Waals surface area contributed by atoms with E-state index in [9.17, 15) is 19.5 Å². The zero-order valence-corrected chi connectivity index (χ0v) is 29.4. The Morgan fingerprint density at radius 1 is 0.880 bits per heavy atom. The van der Waals surface area contributed by atoms with Crippen molar-refractivity contribution in [1.29, 1.82) is 0 Å². The molecule has 12 nitrogen and oxygen atoms in total. The van der Waals surface area contributed by atoms with Gasteiger partial charge >= 0.3 is 5.97 Å². The maximum absolute atomic E-state index is 13.7. The predicted molar refractivity (Wildman–Crippen MR) is 191 cm³/mol. The summed E-state index contributed by atoms with van der Waals surface area (Å²) in [7, 11) is 3.75. The maximum atomic E-state index is 13.7. The number of aliphatic carboxylic acids is 1. The SMILES string of the molecule is Cc1c(NC(=O)c2nc3c(n2C)CCN(C[C@H]2CC[C@H](C(=O)O)CC2)C3)cccc1-c1cccc(NC(=O)c2nc3c(n2C)CCNC3)c1Cl. The number of halogens is 1. The largest absolute Gasteiger partial charge is 0.481 e. The van der Waals surface area contributed by atoms with Gasteiger partial charge in [0.2, 0.25) is 0 Å². The van der Waals surface area contributed by atoms with Gasteiger partial charge in [-0.1, -0.05) is 35.9 Å². The normalized spacial score (nSPS) is 19.0. The first-order valence-corrected chi connectivity index (χ1v) is 17.7. The molecule has 3 aliphatic rings. The Hall–Kier alpha value is -4.52. The summed E-state index contributed by atoms with van der Waals surface area (Å²) >= 11 is 6.93. The molecule has 1 fully saturated rings. The first-order valence-electron chi connectivity index (χ1n) is 17.3. The summed E-state index contributed by atoms with van der Waals surface area (Å²) in [5.74, 6) is -0.325. The van der Waals surface area contributed by atoms with Crippen LogP contribution in [0.1, 0.15) is 75.3 Å². The van der Waals surface area contributed by atoms with Gasteiger partial charge in [-0.15, -0.1) is 0 Å². The molecule has 2 aromatic carbocycles. The summed E-state index contributed by atoms with van der Waals surface area (Å²) in [6.45, 7) is 5.91. The van der Waals surface area contributed by atoms with Crippen molar-refractivity contribution in [1.82, 2.24) is 29.3 Å². The number of amides is 2. The van der Waals surface area contributed by atoms with Crippen molar-refractivity contribution in [3.8, 4) is 11.1 Å². The van der Waals surface area contributed by atoms with Crippen LogP contribution in [0.5, 0.6) is 0 Å². The summed E-state index contributed by atoms with van der Waals surface area (Å²) in [4.78, 5) is 50.1. The molecular weight excluding hydrogens is 656 g/mol.